The second kappa shape index (κ2) is 6.44. The summed E-state index contributed by atoms with van der Waals surface area (Å²) in [5.74, 6) is -0.333. The molecule has 0 heterocycles. The molecule has 0 aliphatic carbocycles. The van der Waals surface area contributed by atoms with Crippen molar-refractivity contribution in [3.8, 4) is 0 Å². The summed E-state index contributed by atoms with van der Waals surface area (Å²) in [5.41, 5.74) is 8.94. The lowest BCUT2D eigenvalue weighted by atomic mass is 11.1. The molecule has 0 radical (unpaired) electrons. The molecule has 5 N–H and O–H groups in total. The number of halogens is 1. The van der Waals surface area contributed by atoms with Gasteiger partial charge in [-0.25, -0.2) is 0 Å². The van der Waals surface area contributed by atoms with Crippen LogP contribution in [0.4, 0.5) is 0 Å². The van der Waals surface area contributed by atoms with Crippen LogP contribution in [0.1, 0.15) is 0 Å². The second-order valence-electron chi connectivity index (χ2n) is 0.644. The Kier molecular flexibility index (Phi) is 8.39. The van der Waals surface area contributed by atoms with E-state index in [-0.39, 0.29) is 5.96 Å². The summed E-state index contributed by atoms with van der Waals surface area (Å²) in [6.07, 6.45) is 0. The smallest absolute Gasteiger partial charge is 0.183 e. The van der Waals surface area contributed by atoms with Crippen LogP contribution in [0.25, 0.3) is 0 Å². The van der Waals surface area contributed by atoms with E-state index in [4.69, 9.17) is 19.4 Å². The first kappa shape index (κ1) is 10.4. The van der Waals surface area contributed by atoms with Crippen molar-refractivity contribution in [1.82, 2.24) is 0 Å². The van der Waals surface area contributed by atoms with Crippen molar-refractivity contribution in [1.29, 1.82) is 5.41 Å². The van der Waals surface area contributed by atoms with Crippen LogP contribution < -0.4 is 25.4 Å². The Labute approximate surface area is 48.6 Å². The first-order chi connectivity index (χ1) is 3.46. The zero-order valence-corrected chi connectivity index (χ0v) is 4.51. The van der Waals surface area contributed by atoms with Crippen LogP contribution in [0.2, 0.25) is 0 Å². The summed E-state index contributed by atoms with van der Waals surface area (Å²) in [7, 11) is -2.85. The zero-order valence-electron chi connectivity index (χ0n) is 3.76. The van der Waals surface area contributed by atoms with Gasteiger partial charge in [-0.1, -0.05) is 0 Å². The van der Waals surface area contributed by atoms with Gasteiger partial charge in [-0.3, -0.25) is 5.41 Å². The first-order valence-electron chi connectivity index (χ1n) is 1.29. The highest BCUT2D eigenvalue weighted by molar-refractivity contribution is 5.71. The van der Waals surface area contributed by atoms with Gasteiger partial charge in [0.05, 0.1) is 10.8 Å². The van der Waals surface area contributed by atoms with E-state index in [0.29, 0.717) is 0 Å². The van der Waals surface area contributed by atoms with Gasteiger partial charge in [0.1, 0.15) is 0 Å². The van der Waals surface area contributed by atoms with Crippen LogP contribution in [0.3, 0.4) is 0 Å². The highest BCUT2D eigenvalue weighted by Gasteiger charge is 1.60. The summed E-state index contributed by atoms with van der Waals surface area (Å²) in [5, 5.41) is 6.06. The van der Waals surface area contributed by atoms with Crippen LogP contribution in [0.5, 0.6) is 0 Å². The minimum absolute atomic E-state index is 0.333. The van der Waals surface area contributed by atoms with E-state index in [2.05, 4.69) is 11.5 Å². The first-order valence-corrected chi connectivity index (χ1v) is 2.22. The molecule has 0 saturated carbocycles. The number of rotatable bonds is 0. The molecule has 0 aromatic heterocycles. The molecule has 0 aromatic carbocycles. The number of guanidine groups is 1. The van der Waals surface area contributed by atoms with Crippen LogP contribution in [-0.2, 0) is 0 Å². The van der Waals surface area contributed by atoms with Crippen molar-refractivity contribution in [2.45, 2.75) is 0 Å². The van der Waals surface area contributed by atoms with E-state index in [1.54, 1.807) is 0 Å². The molecule has 0 saturated heterocycles. The molecule has 8 heavy (non-hydrogen) atoms. The van der Waals surface area contributed by atoms with E-state index < -0.39 is 10.8 Å². The van der Waals surface area contributed by atoms with Gasteiger partial charge in [-0.05, 0) is 0 Å². The Balaban J connectivity index is 0. The SMILES string of the molecule is N=C(N)N.[O-][Cl+2]([O-])[O-]. The monoisotopic (exact) mass is 142 g/mol. The van der Waals surface area contributed by atoms with Crippen molar-refractivity contribution >= 4 is 5.96 Å². The average Bonchev–Trinajstić information content (AvgIpc) is 1.25. The topological polar surface area (TPSA) is 145 Å². The minimum atomic E-state index is -2.85. The third-order valence-corrected chi connectivity index (χ3v) is 0. The van der Waals surface area contributed by atoms with E-state index in [9.17, 15) is 0 Å². The average molecular weight is 143 g/mol. The molecular formula is CH5ClN3O3-. The van der Waals surface area contributed by atoms with Gasteiger partial charge in [-0.15, -0.1) is 0 Å². The Bertz CT molecular complexity index is 58.8. The number of nitrogens with two attached hydrogens (primary N) is 2. The fraction of sp³-hybridized carbons (Fsp3) is 0. The van der Waals surface area contributed by atoms with Gasteiger partial charge in [0.25, 0.3) is 0 Å². The van der Waals surface area contributed by atoms with E-state index in [1.165, 1.54) is 0 Å². The van der Waals surface area contributed by atoms with E-state index in [0.717, 1.165) is 0 Å². The molecule has 0 aliphatic rings. The van der Waals surface area contributed by atoms with Gasteiger partial charge in [0.15, 0.2) is 5.96 Å². The number of hydrogen-bond donors (Lipinski definition) is 3. The summed E-state index contributed by atoms with van der Waals surface area (Å²) in [6.45, 7) is 0. The van der Waals surface area contributed by atoms with Crippen molar-refractivity contribution in [3.05, 3.63) is 0 Å². The lowest BCUT2D eigenvalue weighted by Crippen LogP contribution is -2.42. The minimum Gasteiger partial charge on any atom is -0.370 e. The molecule has 0 rings (SSSR count). The van der Waals surface area contributed by atoms with Crippen LogP contribution in [0, 0.1) is 16.2 Å². The summed E-state index contributed by atoms with van der Waals surface area (Å²) in [4.78, 5) is 0. The molecule has 0 aliphatic heterocycles. The molecule has 0 bridgehead atoms. The summed E-state index contributed by atoms with van der Waals surface area (Å²) in [6, 6.07) is 0. The molecule has 7 heteroatoms. The highest BCUT2D eigenvalue weighted by atomic mass is 35.6. The summed E-state index contributed by atoms with van der Waals surface area (Å²) < 4.78 is 25.2. The van der Waals surface area contributed by atoms with Crippen molar-refractivity contribution in [2.24, 2.45) is 11.5 Å². The Morgan fingerprint density at radius 3 is 1.25 bits per heavy atom. The fourth-order valence-electron chi connectivity index (χ4n) is 0. The highest BCUT2D eigenvalue weighted by Crippen LogP contribution is 1.24. The standard InChI is InChI=1S/CH5N3.ClO3/c2*2-1(3)4/h(H5,2,3,4);/q;-1. The fourth-order valence-corrected chi connectivity index (χ4v) is 0. The summed E-state index contributed by atoms with van der Waals surface area (Å²) >= 11 is 0. The predicted octanol–water partition coefficient (Wildman–Crippen LogP) is -4.73. The molecule has 0 unspecified atom stereocenters. The van der Waals surface area contributed by atoms with E-state index >= 15 is 0 Å². The Hall–Kier alpha value is -0.560. The Morgan fingerprint density at radius 1 is 1.25 bits per heavy atom. The van der Waals surface area contributed by atoms with Crippen molar-refractivity contribution in [2.75, 3.05) is 0 Å². The Morgan fingerprint density at radius 2 is 1.25 bits per heavy atom. The molecule has 0 atom stereocenters. The lowest BCUT2D eigenvalue weighted by molar-refractivity contribution is -1.73. The lowest BCUT2D eigenvalue weighted by Gasteiger charge is -1.89. The third-order valence-electron chi connectivity index (χ3n) is 0. The second-order valence-corrected chi connectivity index (χ2v) is 1.02. The van der Waals surface area contributed by atoms with Crippen LogP contribution in [-0.4, -0.2) is 5.96 Å². The molecule has 6 nitrogen and oxygen atoms in total. The third kappa shape index (κ3) is 342. The zero-order chi connectivity index (χ0) is 7.15. The van der Waals surface area contributed by atoms with E-state index in [1.807, 2.05) is 0 Å². The maximum atomic E-state index is 8.41. The van der Waals surface area contributed by atoms with Crippen molar-refractivity contribution < 1.29 is 24.8 Å². The maximum absolute atomic E-state index is 8.41. The normalized spacial score (nSPS) is 7.50. The largest absolute Gasteiger partial charge is 0.370 e. The van der Waals surface area contributed by atoms with Gasteiger partial charge in [-0.2, -0.15) is 0 Å². The van der Waals surface area contributed by atoms with Gasteiger partial charge < -0.3 is 25.4 Å². The molecule has 0 aromatic rings. The number of hydrogen-bond acceptors (Lipinski definition) is 4. The van der Waals surface area contributed by atoms with Crippen LogP contribution >= 0.6 is 0 Å². The maximum Gasteiger partial charge on any atom is 0.183 e. The van der Waals surface area contributed by atoms with Crippen LogP contribution in [0.15, 0.2) is 0 Å². The molecule has 0 fully saturated rings. The number of nitrogens with one attached hydrogen (secondary N) is 1. The molecule has 0 spiro atoms. The van der Waals surface area contributed by atoms with Gasteiger partial charge in [0.2, 0.25) is 0 Å². The van der Waals surface area contributed by atoms with Gasteiger partial charge >= 0.3 is 0 Å². The molecular weight excluding hydrogens is 137 g/mol. The molecule has 0 amide bonds. The molecule has 50 valence electrons. The van der Waals surface area contributed by atoms with Gasteiger partial charge in [0, 0.05) is 0 Å². The quantitative estimate of drug-likeness (QED) is 0.230. The predicted molar refractivity (Wildman–Crippen MR) is 16.1 cm³/mol. The van der Waals surface area contributed by atoms with Crippen molar-refractivity contribution in [3.63, 3.8) is 0 Å².